The summed E-state index contributed by atoms with van der Waals surface area (Å²) in [4.78, 5) is 18.2. The van der Waals surface area contributed by atoms with Gasteiger partial charge in [0, 0.05) is 23.9 Å². The number of carbonyl (C=O) groups excluding carboxylic acids is 1. The number of hydrogen-bond acceptors (Lipinski definition) is 4. The minimum absolute atomic E-state index is 0.00113. The largest absolute Gasteiger partial charge is 0.444 e. The Hall–Kier alpha value is -1.62. The first-order valence-electron chi connectivity index (χ1n) is 7.74. The van der Waals surface area contributed by atoms with E-state index in [1.54, 1.807) is 4.90 Å². The molecule has 1 aliphatic rings. The predicted octanol–water partition coefficient (Wildman–Crippen LogP) is 2.47. The number of rotatable bonds is 2. The topological polar surface area (TPSA) is 62.7 Å². The number of aromatic nitrogens is 1. The maximum Gasteiger partial charge on any atom is 0.410 e. The number of nitrogens with zero attached hydrogens (tertiary/aromatic N) is 2. The highest BCUT2D eigenvalue weighted by Crippen LogP contribution is 2.23. The molecular formula is C17H26N2O3. The Labute approximate surface area is 132 Å². The molecule has 0 aliphatic carbocycles. The molecular weight excluding hydrogens is 280 g/mol. The summed E-state index contributed by atoms with van der Waals surface area (Å²) in [5, 5.41) is 10.2. The number of hydrogen-bond donors (Lipinski definition) is 1. The second kappa shape index (κ2) is 6.24. The zero-order chi connectivity index (χ0) is 16.5. The second-order valence-electron chi connectivity index (χ2n) is 7.19. The number of aryl methyl sites for hydroxylation is 2. The van der Waals surface area contributed by atoms with Gasteiger partial charge in [-0.25, -0.2) is 4.79 Å². The summed E-state index contributed by atoms with van der Waals surface area (Å²) in [6.45, 7) is 10.4. The van der Waals surface area contributed by atoms with Crippen LogP contribution in [0, 0.1) is 19.8 Å². The molecule has 1 amide bonds. The molecule has 22 heavy (non-hydrogen) atoms. The first kappa shape index (κ1) is 16.7. The first-order valence-corrected chi connectivity index (χ1v) is 7.74. The molecule has 0 spiro atoms. The fourth-order valence-corrected chi connectivity index (χ4v) is 2.83. The van der Waals surface area contributed by atoms with Crippen LogP contribution >= 0.6 is 0 Å². The van der Waals surface area contributed by atoms with Gasteiger partial charge in [-0.3, -0.25) is 4.98 Å². The molecule has 1 aromatic heterocycles. The van der Waals surface area contributed by atoms with Gasteiger partial charge in [-0.05, 0) is 58.7 Å². The van der Waals surface area contributed by atoms with Crippen LogP contribution in [0.1, 0.15) is 37.7 Å². The molecule has 1 N–H and O–H groups in total. The van der Waals surface area contributed by atoms with Crippen molar-refractivity contribution in [3.05, 3.63) is 29.1 Å². The fraction of sp³-hybridized carbons (Fsp3) is 0.647. The molecule has 2 heterocycles. The summed E-state index contributed by atoms with van der Waals surface area (Å²) in [5.74, 6) is 0.00113. The first-order chi connectivity index (χ1) is 10.1. The van der Waals surface area contributed by atoms with Crippen molar-refractivity contribution in [1.29, 1.82) is 0 Å². The van der Waals surface area contributed by atoms with Crippen LogP contribution in [0.25, 0.3) is 0 Å². The van der Waals surface area contributed by atoms with E-state index in [1.165, 1.54) is 5.56 Å². The molecule has 2 rings (SSSR count). The standard InChI is InChI=1S/C17H26N2O3/c1-11-6-12(2)18-14(7-11)8-13-9-19(10-15(13)20)16(21)22-17(3,4)5/h6-7,13,15,20H,8-10H2,1-5H3/t13-,15-/m1/s1. The van der Waals surface area contributed by atoms with Crippen LogP contribution in [0.4, 0.5) is 4.79 Å². The van der Waals surface area contributed by atoms with E-state index in [4.69, 9.17) is 4.74 Å². The lowest BCUT2D eigenvalue weighted by molar-refractivity contribution is 0.0269. The van der Waals surface area contributed by atoms with Gasteiger partial charge < -0.3 is 14.7 Å². The molecule has 2 atom stereocenters. The quantitative estimate of drug-likeness (QED) is 0.911. The van der Waals surface area contributed by atoms with Crippen LogP contribution in [0.5, 0.6) is 0 Å². The van der Waals surface area contributed by atoms with Crippen LogP contribution < -0.4 is 0 Å². The van der Waals surface area contributed by atoms with Crippen LogP contribution in [0.15, 0.2) is 12.1 Å². The number of likely N-dealkylation sites (tertiary alicyclic amines) is 1. The molecule has 0 aromatic carbocycles. The maximum atomic E-state index is 12.1. The Morgan fingerprint density at radius 1 is 1.36 bits per heavy atom. The number of ether oxygens (including phenoxy) is 1. The lowest BCUT2D eigenvalue weighted by Gasteiger charge is -2.24. The molecule has 1 aliphatic heterocycles. The van der Waals surface area contributed by atoms with Gasteiger partial charge in [0.25, 0.3) is 0 Å². The van der Waals surface area contributed by atoms with Crippen molar-refractivity contribution < 1.29 is 14.6 Å². The van der Waals surface area contributed by atoms with Crippen molar-refractivity contribution in [2.24, 2.45) is 5.92 Å². The number of carbonyl (C=O) groups is 1. The lowest BCUT2D eigenvalue weighted by atomic mass is 9.99. The smallest absolute Gasteiger partial charge is 0.410 e. The van der Waals surface area contributed by atoms with Crippen molar-refractivity contribution in [1.82, 2.24) is 9.88 Å². The highest BCUT2D eigenvalue weighted by molar-refractivity contribution is 5.68. The van der Waals surface area contributed by atoms with Crippen LogP contribution in [0.2, 0.25) is 0 Å². The van der Waals surface area contributed by atoms with Crippen molar-refractivity contribution in [2.45, 2.75) is 52.7 Å². The van der Waals surface area contributed by atoms with E-state index in [9.17, 15) is 9.90 Å². The predicted molar refractivity (Wildman–Crippen MR) is 84.7 cm³/mol. The van der Waals surface area contributed by atoms with E-state index in [0.29, 0.717) is 19.5 Å². The fourth-order valence-electron chi connectivity index (χ4n) is 2.83. The van der Waals surface area contributed by atoms with E-state index in [2.05, 4.69) is 4.98 Å². The van der Waals surface area contributed by atoms with Crippen molar-refractivity contribution in [2.75, 3.05) is 13.1 Å². The molecule has 5 heteroatoms. The van der Waals surface area contributed by atoms with E-state index < -0.39 is 11.7 Å². The Morgan fingerprint density at radius 3 is 2.64 bits per heavy atom. The normalized spacial score (nSPS) is 22.0. The van der Waals surface area contributed by atoms with Gasteiger partial charge in [-0.1, -0.05) is 0 Å². The summed E-state index contributed by atoms with van der Waals surface area (Å²) < 4.78 is 5.37. The summed E-state index contributed by atoms with van der Waals surface area (Å²) in [6.07, 6.45) is -0.222. The summed E-state index contributed by atoms with van der Waals surface area (Å²) >= 11 is 0. The van der Waals surface area contributed by atoms with Gasteiger partial charge in [-0.15, -0.1) is 0 Å². The molecule has 0 bridgehead atoms. The third kappa shape index (κ3) is 4.44. The highest BCUT2D eigenvalue weighted by Gasteiger charge is 2.36. The number of pyridine rings is 1. The van der Waals surface area contributed by atoms with Gasteiger partial charge in [0.05, 0.1) is 12.6 Å². The Kier molecular flexibility index (Phi) is 4.75. The number of aliphatic hydroxyl groups excluding tert-OH is 1. The molecule has 122 valence electrons. The van der Waals surface area contributed by atoms with E-state index in [-0.39, 0.29) is 12.0 Å². The van der Waals surface area contributed by atoms with E-state index in [0.717, 1.165) is 11.4 Å². The lowest BCUT2D eigenvalue weighted by Crippen LogP contribution is -2.35. The van der Waals surface area contributed by atoms with Gasteiger partial charge in [0.15, 0.2) is 0 Å². The Balaban J connectivity index is 2.00. The number of aliphatic hydroxyl groups is 1. The molecule has 1 saturated heterocycles. The third-order valence-electron chi connectivity index (χ3n) is 3.68. The van der Waals surface area contributed by atoms with Gasteiger partial charge >= 0.3 is 6.09 Å². The summed E-state index contributed by atoms with van der Waals surface area (Å²) in [5.41, 5.74) is 2.59. The summed E-state index contributed by atoms with van der Waals surface area (Å²) in [7, 11) is 0. The molecule has 0 radical (unpaired) electrons. The molecule has 0 saturated carbocycles. The van der Waals surface area contributed by atoms with E-state index in [1.807, 2.05) is 46.8 Å². The molecule has 1 aromatic rings. The summed E-state index contributed by atoms with van der Waals surface area (Å²) in [6, 6.07) is 4.07. The van der Waals surface area contributed by atoms with Crippen LogP contribution in [-0.2, 0) is 11.2 Å². The minimum Gasteiger partial charge on any atom is -0.444 e. The van der Waals surface area contributed by atoms with Crippen molar-refractivity contribution in [3.63, 3.8) is 0 Å². The monoisotopic (exact) mass is 306 g/mol. The minimum atomic E-state index is -0.532. The van der Waals surface area contributed by atoms with Gasteiger partial charge in [0.1, 0.15) is 5.60 Å². The third-order valence-corrected chi connectivity index (χ3v) is 3.68. The molecule has 1 fully saturated rings. The molecule has 5 nitrogen and oxygen atoms in total. The van der Waals surface area contributed by atoms with E-state index >= 15 is 0 Å². The SMILES string of the molecule is Cc1cc(C)nc(C[C@@H]2CN(C(=O)OC(C)(C)C)C[C@H]2O)c1. The second-order valence-corrected chi connectivity index (χ2v) is 7.19. The molecule has 0 unspecified atom stereocenters. The average molecular weight is 306 g/mol. The van der Waals surface area contributed by atoms with Gasteiger partial charge in [0.2, 0.25) is 0 Å². The van der Waals surface area contributed by atoms with Crippen LogP contribution in [-0.4, -0.2) is 45.9 Å². The number of amides is 1. The maximum absolute atomic E-state index is 12.1. The Bertz CT molecular complexity index is 531. The zero-order valence-corrected chi connectivity index (χ0v) is 14.1. The average Bonchev–Trinajstić information content (AvgIpc) is 2.67. The number of β-amino-alcohol motifs (C(OH)–C–C–N with tert-alkyl or cyclic N) is 1. The van der Waals surface area contributed by atoms with Crippen LogP contribution in [0.3, 0.4) is 0 Å². The highest BCUT2D eigenvalue weighted by atomic mass is 16.6. The van der Waals surface area contributed by atoms with Crippen molar-refractivity contribution >= 4 is 6.09 Å². The van der Waals surface area contributed by atoms with Gasteiger partial charge in [-0.2, -0.15) is 0 Å². The Morgan fingerprint density at radius 2 is 2.05 bits per heavy atom. The zero-order valence-electron chi connectivity index (χ0n) is 14.1. The van der Waals surface area contributed by atoms with Crippen molar-refractivity contribution in [3.8, 4) is 0 Å².